The molecular weight excluding hydrogens is 182 g/mol. The van der Waals surface area contributed by atoms with E-state index in [4.69, 9.17) is 10.2 Å². The number of hydrogen-bond acceptors (Lipinski definition) is 4. The number of aliphatic hydroxyl groups is 2. The quantitative estimate of drug-likeness (QED) is 0.544. The fourth-order valence-electron chi connectivity index (χ4n) is 1.21. The molecule has 80 valence electrons. The van der Waals surface area contributed by atoms with Crippen LogP contribution in [0.5, 0.6) is 0 Å². The van der Waals surface area contributed by atoms with Crippen molar-refractivity contribution in [1.29, 1.82) is 0 Å². The van der Waals surface area contributed by atoms with E-state index in [0.717, 1.165) is 18.5 Å². The van der Waals surface area contributed by atoms with E-state index in [1.807, 2.05) is 19.4 Å². The van der Waals surface area contributed by atoms with Crippen molar-refractivity contribution in [2.24, 2.45) is 7.05 Å². The van der Waals surface area contributed by atoms with Crippen molar-refractivity contribution >= 4 is 0 Å². The third kappa shape index (κ3) is 3.45. The molecule has 0 amide bonds. The standard InChI is InChI=1S/C9H17N3O2/c1-12-5-8(4-11-12)2-3-10-9(6-13)7-14/h4-5,9-10,13-14H,2-3,6-7H2,1H3. The normalized spacial score (nSPS) is 11.1. The first-order chi connectivity index (χ1) is 6.76. The lowest BCUT2D eigenvalue weighted by Crippen LogP contribution is -2.36. The van der Waals surface area contributed by atoms with Gasteiger partial charge in [0.15, 0.2) is 0 Å². The molecule has 0 unspecified atom stereocenters. The van der Waals surface area contributed by atoms with Crippen molar-refractivity contribution in [3.8, 4) is 0 Å². The third-order valence-corrected chi connectivity index (χ3v) is 2.05. The van der Waals surface area contributed by atoms with Crippen LogP contribution in [0.15, 0.2) is 12.4 Å². The van der Waals surface area contributed by atoms with Gasteiger partial charge in [0.2, 0.25) is 0 Å². The van der Waals surface area contributed by atoms with Gasteiger partial charge in [-0.15, -0.1) is 0 Å². The number of hydrogen-bond donors (Lipinski definition) is 3. The molecule has 0 atom stereocenters. The lowest BCUT2D eigenvalue weighted by Gasteiger charge is -2.12. The molecule has 5 heteroatoms. The van der Waals surface area contributed by atoms with Crippen molar-refractivity contribution in [1.82, 2.24) is 15.1 Å². The number of aryl methyl sites for hydroxylation is 1. The van der Waals surface area contributed by atoms with E-state index in [0.29, 0.717) is 0 Å². The highest BCUT2D eigenvalue weighted by molar-refractivity contribution is 5.03. The van der Waals surface area contributed by atoms with Gasteiger partial charge in [-0.3, -0.25) is 4.68 Å². The minimum absolute atomic E-state index is 0.0382. The number of nitrogens with zero attached hydrogens (tertiary/aromatic N) is 2. The van der Waals surface area contributed by atoms with Gasteiger partial charge in [-0.05, 0) is 18.5 Å². The van der Waals surface area contributed by atoms with Gasteiger partial charge in [0.05, 0.1) is 25.5 Å². The number of nitrogens with one attached hydrogen (secondary N) is 1. The molecule has 0 fully saturated rings. The van der Waals surface area contributed by atoms with Crippen molar-refractivity contribution in [3.63, 3.8) is 0 Å². The maximum Gasteiger partial charge on any atom is 0.0607 e. The van der Waals surface area contributed by atoms with Crippen molar-refractivity contribution in [3.05, 3.63) is 18.0 Å². The van der Waals surface area contributed by atoms with Crippen LogP contribution in [-0.2, 0) is 13.5 Å². The molecule has 1 aromatic rings. The molecule has 1 rings (SSSR count). The first-order valence-electron chi connectivity index (χ1n) is 4.69. The van der Waals surface area contributed by atoms with E-state index in [1.165, 1.54) is 0 Å². The topological polar surface area (TPSA) is 70.3 Å². The van der Waals surface area contributed by atoms with Gasteiger partial charge in [0, 0.05) is 13.2 Å². The third-order valence-electron chi connectivity index (χ3n) is 2.05. The minimum atomic E-state index is -0.216. The molecular formula is C9H17N3O2. The number of rotatable bonds is 6. The first-order valence-corrected chi connectivity index (χ1v) is 4.69. The summed E-state index contributed by atoms with van der Waals surface area (Å²) in [4.78, 5) is 0. The highest BCUT2D eigenvalue weighted by atomic mass is 16.3. The second-order valence-corrected chi connectivity index (χ2v) is 3.29. The van der Waals surface area contributed by atoms with Gasteiger partial charge in [-0.2, -0.15) is 5.10 Å². The fraction of sp³-hybridized carbons (Fsp3) is 0.667. The van der Waals surface area contributed by atoms with E-state index in [2.05, 4.69) is 10.4 Å². The molecule has 5 nitrogen and oxygen atoms in total. The zero-order valence-corrected chi connectivity index (χ0v) is 8.35. The monoisotopic (exact) mass is 199 g/mol. The maximum atomic E-state index is 8.79. The summed E-state index contributed by atoms with van der Waals surface area (Å²) in [6.07, 6.45) is 4.62. The van der Waals surface area contributed by atoms with Gasteiger partial charge in [0.25, 0.3) is 0 Å². The Labute approximate surface area is 83.4 Å². The molecule has 0 aliphatic rings. The molecule has 0 saturated carbocycles. The predicted molar refractivity (Wildman–Crippen MR) is 52.9 cm³/mol. The second-order valence-electron chi connectivity index (χ2n) is 3.29. The largest absolute Gasteiger partial charge is 0.395 e. The zero-order valence-electron chi connectivity index (χ0n) is 8.35. The first kappa shape index (κ1) is 11.2. The maximum absolute atomic E-state index is 8.79. The molecule has 0 spiro atoms. The van der Waals surface area contributed by atoms with Gasteiger partial charge in [-0.25, -0.2) is 0 Å². The van der Waals surface area contributed by atoms with Crippen molar-refractivity contribution in [2.45, 2.75) is 12.5 Å². The summed E-state index contributed by atoms with van der Waals surface area (Å²) in [6, 6.07) is -0.216. The molecule has 1 heterocycles. The Bertz CT molecular complexity index is 258. The van der Waals surface area contributed by atoms with Crippen LogP contribution in [-0.4, -0.2) is 45.8 Å². The van der Waals surface area contributed by atoms with Crippen molar-refractivity contribution in [2.75, 3.05) is 19.8 Å². The molecule has 0 aliphatic heterocycles. The molecule has 0 radical (unpaired) electrons. The average Bonchev–Trinajstić information content (AvgIpc) is 2.59. The van der Waals surface area contributed by atoms with Crippen LogP contribution < -0.4 is 5.32 Å². The molecule has 0 aromatic carbocycles. The van der Waals surface area contributed by atoms with Crippen LogP contribution in [0.4, 0.5) is 0 Å². The highest BCUT2D eigenvalue weighted by Gasteiger charge is 2.03. The summed E-state index contributed by atoms with van der Waals surface area (Å²) >= 11 is 0. The Morgan fingerprint density at radius 2 is 2.21 bits per heavy atom. The van der Waals surface area contributed by atoms with Crippen LogP contribution in [0, 0.1) is 0 Å². The van der Waals surface area contributed by atoms with Crippen LogP contribution in [0.3, 0.4) is 0 Å². The van der Waals surface area contributed by atoms with E-state index >= 15 is 0 Å². The zero-order chi connectivity index (χ0) is 10.4. The lowest BCUT2D eigenvalue weighted by molar-refractivity contribution is 0.171. The van der Waals surface area contributed by atoms with Gasteiger partial charge >= 0.3 is 0 Å². The van der Waals surface area contributed by atoms with Crippen molar-refractivity contribution < 1.29 is 10.2 Å². The molecule has 14 heavy (non-hydrogen) atoms. The molecule has 0 saturated heterocycles. The second kappa shape index (κ2) is 5.74. The summed E-state index contributed by atoms with van der Waals surface area (Å²) in [5.41, 5.74) is 1.15. The van der Waals surface area contributed by atoms with E-state index < -0.39 is 0 Å². The van der Waals surface area contributed by atoms with Gasteiger partial charge in [-0.1, -0.05) is 0 Å². The number of aliphatic hydroxyl groups excluding tert-OH is 2. The summed E-state index contributed by atoms with van der Waals surface area (Å²) in [5, 5.41) is 24.7. The molecule has 0 aliphatic carbocycles. The highest BCUT2D eigenvalue weighted by Crippen LogP contribution is 1.96. The fourth-order valence-corrected chi connectivity index (χ4v) is 1.21. The van der Waals surface area contributed by atoms with Crippen LogP contribution in [0.2, 0.25) is 0 Å². The Morgan fingerprint density at radius 3 is 2.71 bits per heavy atom. The Kier molecular flexibility index (Phi) is 4.58. The smallest absolute Gasteiger partial charge is 0.0607 e. The Hall–Kier alpha value is -0.910. The SMILES string of the molecule is Cn1cc(CCNC(CO)CO)cn1. The van der Waals surface area contributed by atoms with Crippen LogP contribution in [0.25, 0.3) is 0 Å². The summed E-state index contributed by atoms with van der Waals surface area (Å²) in [7, 11) is 1.88. The van der Waals surface area contributed by atoms with E-state index in [9.17, 15) is 0 Å². The molecule has 0 bridgehead atoms. The Morgan fingerprint density at radius 1 is 1.50 bits per heavy atom. The summed E-state index contributed by atoms with van der Waals surface area (Å²) in [5.74, 6) is 0. The molecule has 1 aromatic heterocycles. The minimum Gasteiger partial charge on any atom is -0.395 e. The average molecular weight is 199 g/mol. The summed E-state index contributed by atoms with van der Waals surface area (Å²) in [6.45, 7) is 0.657. The van der Waals surface area contributed by atoms with E-state index in [1.54, 1.807) is 4.68 Å². The summed E-state index contributed by atoms with van der Waals surface area (Å²) < 4.78 is 1.75. The molecule has 3 N–H and O–H groups in total. The van der Waals surface area contributed by atoms with Crippen LogP contribution >= 0.6 is 0 Å². The van der Waals surface area contributed by atoms with Gasteiger partial charge in [0.1, 0.15) is 0 Å². The van der Waals surface area contributed by atoms with Crippen LogP contribution in [0.1, 0.15) is 5.56 Å². The predicted octanol–water partition coefficient (Wildman–Crippen LogP) is -1.09. The number of aromatic nitrogens is 2. The Balaban J connectivity index is 2.21. The lowest BCUT2D eigenvalue weighted by atomic mass is 10.2. The van der Waals surface area contributed by atoms with E-state index in [-0.39, 0.29) is 19.3 Å². The van der Waals surface area contributed by atoms with Gasteiger partial charge < -0.3 is 15.5 Å².